The summed E-state index contributed by atoms with van der Waals surface area (Å²) in [7, 11) is 0. The van der Waals surface area contributed by atoms with E-state index in [0.717, 1.165) is 12.0 Å². The van der Waals surface area contributed by atoms with Gasteiger partial charge in [-0.15, -0.1) is 0 Å². The second-order valence-corrected chi connectivity index (χ2v) is 5.74. The molecule has 0 saturated carbocycles. The average Bonchev–Trinajstić information content (AvgIpc) is 2.96. The van der Waals surface area contributed by atoms with Crippen LogP contribution in [0.15, 0.2) is 48.5 Å². The van der Waals surface area contributed by atoms with Crippen LogP contribution in [0.1, 0.15) is 29.3 Å². The smallest absolute Gasteiger partial charge is 0.335 e. The van der Waals surface area contributed by atoms with Crippen LogP contribution in [0.3, 0.4) is 0 Å². The molecule has 1 amide bonds. The highest BCUT2D eigenvalue weighted by molar-refractivity contribution is 6.00. The van der Waals surface area contributed by atoms with Gasteiger partial charge in [0.25, 0.3) is 5.91 Å². The van der Waals surface area contributed by atoms with Gasteiger partial charge in [-0.3, -0.25) is 4.79 Å². The Bertz CT molecular complexity index is 771. The predicted molar refractivity (Wildman–Crippen MR) is 90.6 cm³/mol. The Balaban J connectivity index is 1.75. The zero-order valence-corrected chi connectivity index (χ0v) is 13.4. The van der Waals surface area contributed by atoms with Crippen molar-refractivity contribution in [1.82, 2.24) is 0 Å². The van der Waals surface area contributed by atoms with E-state index in [1.165, 1.54) is 12.1 Å². The highest BCUT2D eigenvalue weighted by Crippen LogP contribution is 2.26. The van der Waals surface area contributed by atoms with Crippen molar-refractivity contribution < 1.29 is 19.4 Å². The zero-order valence-electron chi connectivity index (χ0n) is 13.4. The van der Waals surface area contributed by atoms with Crippen LogP contribution < -0.4 is 9.64 Å². The van der Waals surface area contributed by atoms with Crippen molar-refractivity contribution in [3.8, 4) is 5.75 Å². The summed E-state index contributed by atoms with van der Waals surface area (Å²) >= 11 is 0. The van der Waals surface area contributed by atoms with Crippen molar-refractivity contribution in [3.63, 3.8) is 0 Å². The summed E-state index contributed by atoms with van der Waals surface area (Å²) in [6, 6.07) is 14.1. The number of ether oxygens (including phenoxy) is 1. The number of carbonyl (C=O) groups is 2. The molecule has 2 aromatic carbocycles. The Morgan fingerprint density at radius 2 is 2.04 bits per heavy atom. The number of carboxylic acid groups (broad SMARTS) is 1. The molecule has 1 atom stereocenters. The monoisotopic (exact) mass is 325 g/mol. The Morgan fingerprint density at radius 1 is 1.25 bits per heavy atom. The van der Waals surface area contributed by atoms with Crippen molar-refractivity contribution in [2.45, 2.75) is 25.9 Å². The molecule has 0 bridgehead atoms. The Hall–Kier alpha value is -2.82. The second-order valence-electron chi connectivity index (χ2n) is 5.74. The maximum absolute atomic E-state index is 12.6. The minimum absolute atomic E-state index is 0.139. The van der Waals surface area contributed by atoms with E-state index in [4.69, 9.17) is 9.84 Å². The first-order valence-corrected chi connectivity index (χ1v) is 7.99. The molecule has 5 nitrogen and oxygen atoms in total. The number of hydrogen-bond donors (Lipinski definition) is 1. The van der Waals surface area contributed by atoms with E-state index in [0.29, 0.717) is 24.4 Å². The molecule has 0 spiro atoms. The van der Waals surface area contributed by atoms with Crippen LogP contribution >= 0.6 is 0 Å². The molecular weight excluding hydrogens is 306 g/mol. The zero-order chi connectivity index (χ0) is 17.1. The van der Waals surface area contributed by atoms with Crippen LogP contribution in [0.5, 0.6) is 5.75 Å². The van der Waals surface area contributed by atoms with E-state index in [1.54, 1.807) is 17.0 Å². The van der Waals surface area contributed by atoms with Gasteiger partial charge in [0.2, 0.25) is 0 Å². The number of rotatable bonds is 5. The number of amides is 1. The fourth-order valence-corrected chi connectivity index (χ4v) is 2.83. The summed E-state index contributed by atoms with van der Waals surface area (Å²) in [6.07, 6.45) is 0.946. The minimum Gasteiger partial charge on any atom is -0.481 e. The van der Waals surface area contributed by atoms with Crippen molar-refractivity contribution in [2.24, 2.45) is 0 Å². The molecule has 24 heavy (non-hydrogen) atoms. The lowest BCUT2D eigenvalue weighted by atomic mass is 10.1. The van der Waals surface area contributed by atoms with E-state index in [1.807, 2.05) is 24.3 Å². The first kappa shape index (κ1) is 16.1. The summed E-state index contributed by atoms with van der Waals surface area (Å²) in [5.41, 5.74) is 1.91. The number of aryl methyl sites for hydroxylation is 1. The SMILES string of the molecule is CCc1cccc(O[C@@H]2CCN(c3cccc(C(=O)O)c3)C2=O)c1. The highest BCUT2D eigenvalue weighted by Gasteiger charge is 2.34. The van der Waals surface area contributed by atoms with E-state index in [-0.39, 0.29) is 11.5 Å². The highest BCUT2D eigenvalue weighted by atomic mass is 16.5. The molecule has 0 aliphatic carbocycles. The van der Waals surface area contributed by atoms with Gasteiger partial charge >= 0.3 is 5.97 Å². The first-order chi connectivity index (χ1) is 11.6. The maximum atomic E-state index is 12.6. The Morgan fingerprint density at radius 3 is 2.79 bits per heavy atom. The molecule has 1 N–H and O–H groups in total. The van der Waals surface area contributed by atoms with E-state index in [2.05, 4.69) is 6.92 Å². The number of aromatic carboxylic acids is 1. The van der Waals surface area contributed by atoms with Gasteiger partial charge in [-0.25, -0.2) is 4.79 Å². The molecule has 1 aliphatic rings. The third-order valence-electron chi connectivity index (χ3n) is 4.15. The van der Waals surface area contributed by atoms with Crippen LogP contribution in [0.2, 0.25) is 0 Å². The molecule has 124 valence electrons. The summed E-state index contributed by atoms with van der Waals surface area (Å²) in [5, 5.41) is 9.09. The second kappa shape index (κ2) is 6.74. The topological polar surface area (TPSA) is 66.8 Å². The Labute approximate surface area is 140 Å². The van der Waals surface area contributed by atoms with Gasteiger partial charge in [0, 0.05) is 18.7 Å². The van der Waals surface area contributed by atoms with Gasteiger partial charge in [-0.2, -0.15) is 0 Å². The first-order valence-electron chi connectivity index (χ1n) is 7.99. The molecule has 1 heterocycles. The summed E-state index contributed by atoms with van der Waals surface area (Å²) in [4.78, 5) is 25.3. The van der Waals surface area contributed by atoms with E-state index in [9.17, 15) is 9.59 Å². The van der Waals surface area contributed by atoms with Crippen molar-refractivity contribution in [1.29, 1.82) is 0 Å². The van der Waals surface area contributed by atoms with E-state index >= 15 is 0 Å². The van der Waals surface area contributed by atoms with Gasteiger partial charge in [0.05, 0.1) is 5.56 Å². The number of hydrogen-bond acceptors (Lipinski definition) is 3. The van der Waals surface area contributed by atoms with Crippen molar-refractivity contribution in [3.05, 3.63) is 59.7 Å². The maximum Gasteiger partial charge on any atom is 0.335 e. The minimum atomic E-state index is -1.01. The number of anilines is 1. The van der Waals surface area contributed by atoms with E-state index < -0.39 is 12.1 Å². The van der Waals surface area contributed by atoms with Crippen LogP contribution in [0, 0.1) is 0 Å². The average molecular weight is 325 g/mol. The van der Waals surface area contributed by atoms with Gasteiger partial charge in [0.1, 0.15) is 5.75 Å². The fraction of sp³-hybridized carbons (Fsp3) is 0.263. The fourth-order valence-electron chi connectivity index (χ4n) is 2.83. The molecule has 0 radical (unpaired) electrons. The van der Waals surface area contributed by atoms with Gasteiger partial charge in [-0.05, 0) is 42.3 Å². The molecule has 2 aromatic rings. The lowest BCUT2D eigenvalue weighted by Gasteiger charge is -2.18. The third-order valence-corrected chi connectivity index (χ3v) is 4.15. The summed E-state index contributed by atoms with van der Waals surface area (Å²) in [6.45, 7) is 2.58. The molecule has 1 aliphatic heterocycles. The normalized spacial score (nSPS) is 17.1. The lowest BCUT2D eigenvalue weighted by molar-refractivity contribution is -0.122. The summed E-state index contributed by atoms with van der Waals surface area (Å²) < 4.78 is 5.85. The molecule has 3 rings (SSSR count). The molecule has 5 heteroatoms. The predicted octanol–water partition coefficient (Wildman–Crippen LogP) is 3.13. The summed E-state index contributed by atoms with van der Waals surface area (Å²) in [5.74, 6) is -0.457. The quantitative estimate of drug-likeness (QED) is 0.917. The molecule has 1 fully saturated rings. The molecule has 0 aromatic heterocycles. The number of nitrogens with zero attached hydrogens (tertiary/aromatic N) is 1. The molecule has 1 saturated heterocycles. The third kappa shape index (κ3) is 3.25. The largest absolute Gasteiger partial charge is 0.481 e. The molecular formula is C19H19NO4. The number of benzene rings is 2. The number of carboxylic acids is 1. The lowest BCUT2D eigenvalue weighted by Crippen LogP contribution is -2.32. The standard InChI is InChI=1S/C19H19NO4/c1-2-13-5-3-8-16(11-13)24-17-9-10-20(18(17)21)15-7-4-6-14(12-15)19(22)23/h3-8,11-12,17H,2,9-10H2,1H3,(H,22,23)/t17-/m1/s1. The number of carbonyl (C=O) groups excluding carboxylic acids is 1. The Kier molecular flexibility index (Phi) is 4.51. The van der Waals surface area contributed by atoms with Crippen LogP contribution in [0.25, 0.3) is 0 Å². The van der Waals surface area contributed by atoms with Crippen molar-refractivity contribution >= 4 is 17.6 Å². The van der Waals surface area contributed by atoms with Crippen LogP contribution in [-0.4, -0.2) is 29.6 Å². The van der Waals surface area contributed by atoms with Crippen LogP contribution in [-0.2, 0) is 11.2 Å². The van der Waals surface area contributed by atoms with Crippen molar-refractivity contribution in [2.75, 3.05) is 11.4 Å². The van der Waals surface area contributed by atoms with Crippen LogP contribution in [0.4, 0.5) is 5.69 Å². The van der Waals surface area contributed by atoms with Gasteiger partial charge in [-0.1, -0.05) is 25.1 Å². The van der Waals surface area contributed by atoms with Gasteiger partial charge < -0.3 is 14.7 Å². The molecule has 0 unspecified atom stereocenters. The van der Waals surface area contributed by atoms with Gasteiger partial charge in [0.15, 0.2) is 6.10 Å².